The summed E-state index contributed by atoms with van der Waals surface area (Å²) in [5, 5.41) is 3.23. The molecule has 148 valence electrons. The molecular weight excluding hydrogens is 372 g/mol. The molecule has 2 aromatic carbocycles. The molecule has 2 aliphatic rings. The molecular formula is C22H26N2O3S. The molecule has 2 aliphatic heterocycles. The Morgan fingerprint density at radius 2 is 1.39 bits per heavy atom. The number of hydrogen-bond donors (Lipinski definition) is 1. The van der Waals surface area contributed by atoms with E-state index in [0.29, 0.717) is 12.8 Å². The number of amides is 1. The van der Waals surface area contributed by atoms with Gasteiger partial charge in [0.1, 0.15) is 0 Å². The van der Waals surface area contributed by atoms with Gasteiger partial charge < -0.3 is 5.32 Å². The molecule has 0 saturated carbocycles. The third kappa shape index (κ3) is 3.84. The van der Waals surface area contributed by atoms with Crippen LogP contribution in [0.3, 0.4) is 0 Å². The zero-order chi connectivity index (χ0) is 19.7. The summed E-state index contributed by atoms with van der Waals surface area (Å²) < 4.78 is 25.9. The summed E-state index contributed by atoms with van der Waals surface area (Å²) in [6.07, 6.45) is 4.42. The summed E-state index contributed by atoms with van der Waals surface area (Å²) >= 11 is 0. The van der Waals surface area contributed by atoms with Gasteiger partial charge in [-0.2, -0.15) is 4.31 Å². The van der Waals surface area contributed by atoms with Gasteiger partial charge in [-0.1, -0.05) is 60.7 Å². The maximum absolute atomic E-state index is 13.3. The number of hydrogen-bond acceptors (Lipinski definition) is 3. The molecule has 0 aliphatic carbocycles. The monoisotopic (exact) mass is 398 g/mol. The number of fused-ring (bicyclic) bond motifs is 2. The number of carbonyl (C=O) groups excluding carboxylic acids is 1. The normalized spacial score (nSPS) is 25.0. The van der Waals surface area contributed by atoms with Crippen LogP contribution in [0.15, 0.2) is 60.7 Å². The van der Waals surface area contributed by atoms with E-state index in [9.17, 15) is 13.2 Å². The quantitative estimate of drug-likeness (QED) is 0.842. The van der Waals surface area contributed by atoms with E-state index in [4.69, 9.17) is 0 Å². The molecule has 6 heteroatoms. The molecule has 2 bridgehead atoms. The van der Waals surface area contributed by atoms with Gasteiger partial charge in [-0.15, -0.1) is 0 Å². The SMILES string of the molecule is CS(=O)(=O)N1C2CCC1CC(NC(=O)C(c1ccccc1)c1ccccc1)C2. The lowest BCUT2D eigenvalue weighted by Gasteiger charge is -2.37. The average Bonchev–Trinajstić information content (AvgIpc) is 2.96. The highest BCUT2D eigenvalue weighted by molar-refractivity contribution is 7.88. The highest BCUT2D eigenvalue weighted by Crippen LogP contribution is 2.38. The molecule has 4 rings (SSSR count). The lowest BCUT2D eigenvalue weighted by molar-refractivity contribution is -0.122. The fraction of sp³-hybridized carbons (Fsp3) is 0.409. The summed E-state index contributed by atoms with van der Waals surface area (Å²) in [6, 6.07) is 19.6. The van der Waals surface area contributed by atoms with E-state index >= 15 is 0 Å². The first-order chi connectivity index (χ1) is 13.4. The Kier molecular flexibility index (Phi) is 5.25. The van der Waals surface area contributed by atoms with E-state index in [2.05, 4.69) is 5.32 Å². The second-order valence-electron chi connectivity index (χ2n) is 7.91. The number of nitrogens with zero attached hydrogens (tertiary/aromatic N) is 1. The topological polar surface area (TPSA) is 66.5 Å². The first-order valence-corrected chi connectivity index (χ1v) is 11.7. The van der Waals surface area contributed by atoms with Crippen LogP contribution in [0.2, 0.25) is 0 Å². The molecule has 0 radical (unpaired) electrons. The van der Waals surface area contributed by atoms with Crippen molar-refractivity contribution in [1.29, 1.82) is 0 Å². The second kappa shape index (κ2) is 7.68. The number of piperidine rings is 1. The molecule has 2 fully saturated rings. The van der Waals surface area contributed by atoms with Crippen molar-refractivity contribution in [1.82, 2.24) is 9.62 Å². The molecule has 5 nitrogen and oxygen atoms in total. The molecule has 2 heterocycles. The van der Waals surface area contributed by atoms with E-state index in [1.807, 2.05) is 60.7 Å². The molecule has 2 unspecified atom stereocenters. The van der Waals surface area contributed by atoms with Crippen LogP contribution >= 0.6 is 0 Å². The first kappa shape index (κ1) is 19.2. The number of sulfonamides is 1. The maximum atomic E-state index is 13.3. The van der Waals surface area contributed by atoms with Crippen molar-refractivity contribution >= 4 is 15.9 Å². The van der Waals surface area contributed by atoms with Crippen molar-refractivity contribution in [2.45, 2.75) is 49.7 Å². The fourth-order valence-corrected chi connectivity index (χ4v) is 6.33. The Labute approximate surface area is 166 Å². The van der Waals surface area contributed by atoms with Gasteiger partial charge in [-0.05, 0) is 36.8 Å². The van der Waals surface area contributed by atoms with Crippen molar-refractivity contribution in [3.05, 3.63) is 71.8 Å². The molecule has 2 saturated heterocycles. The van der Waals surface area contributed by atoms with Crippen molar-refractivity contribution in [3.8, 4) is 0 Å². The molecule has 1 N–H and O–H groups in total. The van der Waals surface area contributed by atoms with Crippen LogP contribution in [-0.2, 0) is 14.8 Å². The van der Waals surface area contributed by atoms with Crippen molar-refractivity contribution in [2.24, 2.45) is 0 Å². The molecule has 2 atom stereocenters. The van der Waals surface area contributed by atoms with Gasteiger partial charge in [0.25, 0.3) is 0 Å². The lowest BCUT2D eigenvalue weighted by Crippen LogP contribution is -2.52. The minimum Gasteiger partial charge on any atom is -0.352 e. The molecule has 28 heavy (non-hydrogen) atoms. The number of nitrogens with one attached hydrogen (secondary N) is 1. The van der Waals surface area contributed by atoms with Gasteiger partial charge in [0, 0.05) is 18.1 Å². The Morgan fingerprint density at radius 1 is 0.929 bits per heavy atom. The number of benzene rings is 2. The van der Waals surface area contributed by atoms with Crippen LogP contribution in [-0.4, -0.2) is 43.0 Å². The smallest absolute Gasteiger partial charge is 0.232 e. The van der Waals surface area contributed by atoms with Crippen molar-refractivity contribution < 1.29 is 13.2 Å². The highest BCUT2D eigenvalue weighted by atomic mass is 32.2. The summed E-state index contributed by atoms with van der Waals surface area (Å²) in [7, 11) is -3.20. The second-order valence-corrected chi connectivity index (χ2v) is 9.80. The Hall–Kier alpha value is -2.18. The van der Waals surface area contributed by atoms with Gasteiger partial charge in [0.2, 0.25) is 15.9 Å². The summed E-state index contributed by atoms with van der Waals surface area (Å²) in [4.78, 5) is 13.3. The van der Waals surface area contributed by atoms with Gasteiger partial charge in [-0.25, -0.2) is 8.42 Å². The molecule has 0 aromatic heterocycles. The predicted molar refractivity (Wildman–Crippen MR) is 109 cm³/mol. The van der Waals surface area contributed by atoms with Crippen LogP contribution in [0.4, 0.5) is 0 Å². The van der Waals surface area contributed by atoms with Gasteiger partial charge in [0.05, 0.1) is 12.2 Å². The van der Waals surface area contributed by atoms with Crippen molar-refractivity contribution in [2.75, 3.05) is 6.26 Å². The molecule has 2 aromatic rings. The zero-order valence-corrected chi connectivity index (χ0v) is 16.8. The van der Waals surface area contributed by atoms with Crippen LogP contribution in [0.1, 0.15) is 42.7 Å². The van der Waals surface area contributed by atoms with Crippen LogP contribution < -0.4 is 5.32 Å². The van der Waals surface area contributed by atoms with Crippen LogP contribution in [0, 0.1) is 0 Å². The maximum Gasteiger partial charge on any atom is 0.232 e. The van der Waals surface area contributed by atoms with E-state index in [1.54, 1.807) is 4.31 Å². The summed E-state index contributed by atoms with van der Waals surface area (Å²) in [5.41, 5.74) is 1.92. The number of carbonyl (C=O) groups is 1. The highest BCUT2D eigenvalue weighted by Gasteiger charge is 2.45. The Morgan fingerprint density at radius 3 is 1.82 bits per heavy atom. The van der Waals surface area contributed by atoms with E-state index < -0.39 is 10.0 Å². The summed E-state index contributed by atoms with van der Waals surface area (Å²) in [6.45, 7) is 0. The fourth-order valence-electron chi connectivity index (χ4n) is 4.86. The molecule has 1 amide bonds. The van der Waals surface area contributed by atoms with Gasteiger partial charge in [0.15, 0.2) is 0 Å². The Bertz CT molecular complexity index is 877. The van der Waals surface area contributed by atoms with Crippen molar-refractivity contribution in [3.63, 3.8) is 0 Å². The summed E-state index contributed by atoms with van der Waals surface area (Å²) in [5.74, 6) is -0.386. The van der Waals surface area contributed by atoms with Gasteiger partial charge >= 0.3 is 0 Å². The van der Waals surface area contributed by atoms with E-state index in [-0.39, 0.29) is 30.0 Å². The van der Waals surface area contributed by atoms with E-state index in [0.717, 1.165) is 24.0 Å². The third-order valence-corrected chi connectivity index (χ3v) is 7.29. The predicted octanol–water partition coefficient (Wildman–Crippen LogP) is 2.89. The Balaban J connectivity index is 1.53. The molecule has 0 spiro atoms. The van der Waals surface area contributed by atoms with Crippen LogP contribution in [0.5, 0.6) is 0 Å². The van der Waals surface area contributed by atoms with Gasteiger partial charge in [-0.3, -0.25) is 4.79 Å². The lowest BCUT2D eigenvalue weighted by atomic mass is 9.89. The average molecular weight is 399 g/mol. The minimum atomic E-state index is -3.20. The zero-order valence-electron chi connectivity index (χ0n) is 16.0. The van der Waals surface area contributed by atoms with Crippen LogP contribution in [0.25, 0.3) is 0 Å². The standard InChI is InChI=1S/C22H26N2O3S/c1-28(26,27)24-19-12-13-20(24)15-18(14-19)23-22(25)21(16-8-4-2-5-9-16)17-10-6-3-7-11-17/h2-11,18-21H,12-15H2,1H3,(H,23,25). The largest absolute Gasteiger partial charge is 0.352 e. The first-order valence-electron chi connectivity index (χ1n) is 9.82. The third-order valence-electron chi connectivity index (χ3n) is 5.92. The van der Waals surface area contributed by atoms with E-state index in [1.165, 1.54) is 6.26 Å². The minimum absolute atomic E-state index is 0.00551. The number of rotatable bonds is 5.